The van der Waals surface area contributed by atoms with E-state index in [-0.39, 0.29) is 28.5 Å². The SMILES string of the molecule is C=CCN1CCCC1CNC(=O)c1cc(S(N)(=O)=O)cc2c1OC(C)C2. The topological polar surface area (TPSA) is 102 Å². The van der Waals surface area contributed by atoms with Gasteiger partial charge in [0, 0.05) is 25.6 Å². The molecule has 0 aromatic heterocycles. The number of carbonyl (C=O) groups excluding carboxylic acids is 1. The van der Waals surface area contributed by atoms with Crippen molar-refractivity contribution in [1.29, 1.82) is 0 Å². The molecule has 2 heterocycles. The Morgan fingerprint density at radius 1 is 1.50 bits per heavy atom. The molecule has 8 heteroatoms. The molecule has 1 saturated heterocycles. The summed E-state index contributed by atoms with van der Waals surface area (Å²) in [5.74, 6) is 0.114. The van der Waals surface area contributed by atoms with Gasteiger partial charge in [0.2, 0.25) is 10.0 Å². The van der Waals surface area contributed by atoms with Gasteiger partial charge in [0.1, 0.15) is 11.9 Å². The molecule has 0 aliphatic carbocycles. The smallest absolute Gasteiger partial charge is 0.255 e. The summed E-state index contributed by atoms with van der Waals surface area (Å²) in [6.45, 7) is 7.92. The third-order valence-corrected chi connectivity index (χ3v) is 5.79. The van der Waals surface area contributed by atoms with Crippen molar-refractivity contribution in [3.05, 3.63) is 35.9 Å². The average Bonchev–Trinajstić information content (AvgIpc) is 3.16. The fourth-order valence-electron chi connectivity index (χ4n) is 3.67. The lowest BCUT2D eigenvalue weighted by Gasteiger charge is -2.23. The largest absolute Gasteiger partial charge is 0.489 e. The minimum atomic E-state index is -3.90. The number of nitrogens with one attached hydrogen (secondary N) is 1. The molecule has 2 atom stereocenters. The van der Waals surface area contributed by atoms with Crippen molar-refractivity contribution >= 4 is 15.9 Å². The Labute approximate surface area is 154 Å². The van der Waals surface area contributed by atoms with Crippen LogP contribution >= 0.6 is 0 Å². The van der Waals surface area contributed by atoms with Crippen LogP contribution in [-0.2, 0) is 16.4 Å². The Hall–Kier alpha value is -1.90. The molecular formula is C18H25N3O4S. The molecule has 0 saturated carbocycles. The van der Waals surface area contributed by atoms with Crippen LogP contribution in [-0.4, -0.2) is 51.0 Å². The molecule has 7 nitrogen and oxygen atoms in total. The molecule has 1 aromatic rings. The molecule has 2 aliphatic rings. The lowest BCUT2D eigenvalue weighted by atomic mass is 10.1. The van der Waals surface area contributed by atoms with Crippen molar-refractivity contribution in [3.63, 3.8) is 0 Å². The summed E-state index contributed by atoms with van der Waals surface area (Å²) in [6.07, 6.45) is 4.40. The number of ether oxygens (including phenoxy) is 1. The summed E-state index contributed by atoms with van der Waals surface area (Å²) in [5.41, 5.74) is 0.924. The number of carbonyl (C=O) groups is 1. The summed E-state index contributed by atoms with van der Waals surface area (Å²) < 4.78 is 29.3. The van der Waals surface area contributed by atoms with Gasteiger partial charge < -0.3 is 10.1 Å². The number of benzene rings is 1. The maximum absolute atomic E-state index is 12.7. The van der Waals surface area contributed by atoms with Gasteiger partial charge in [-0.25, -0.2) is 13.6 Å². The van der Waals surface area contributed by atoms with Crippen molar-refractivity contribution in [2.75, 3.05) is 19.6 Å². The van der Waals surface area contributed by atoms with Gasteiger partial charge in [-0.05, 0) is 44.0 Å². The van der Waals surface area contributed by atoms with Gasteiger partial charge in [0.15, 0.2) is 0 Å². The molecule has 2 aliphatic heterocycles. The average molecular weight is 379 g/mol. The molecule has 3 N–H and O–H groups in total. The van der Waals surface area contributed by atoms with Crippen LogP contribution in [0.1, 0.15) is 35.7 Å². The Morgan fingerprint density at radius 2 is 2.27 bits per heavy atom. The van der Waals surface area contributed by atoms with Crippen molar-refractivity contribution in [2.45, 2.75) is 43.2 Å². The second kappa shape index (κ2) is 7.38. The summed E-state index contributed by atoms with van der Waals surface area (Å²) in [7, 11) is -3.90. The number of fused-ring (bicyclic) bond motifs is 1. The lowest BCUT2D eigenvalue weighted by molar-refractivity contribution is 0.0937. The molecule has 142 valence electrons. The highest BCUT2D eigenvalue weighted by molar-refractivity contribution is 7.89. The number of nitrogens with two attached hydrogens (primary N) is 1. The van der Waals surface area contributed by atoms with E-state index in [1.165, 1.54) is 12.1 Å². The summed E-state index contributed by atoms with van der Waals surface area (Å²) >= 11 is 0. The van der Waals surface area contributed by atoms with Gasteiger partial charge in [-0.3, -0.25) is 9.69 Å². The Morgan fingerprint density at radius 3 is 2.96 bits per heavy atom. The molecular weight excluding hydrogens is 354 g/mol. The molecule has 1 aromatic carbocycles. The number of primary sulfonamides is 1. The summed E-state index contributed by atoms with van der Waals surface area (Å²) in [5, 5.41) is 8.19. The van der Waals surface area contributed by atoms with Crippen LogP contribution < -0.4 is 15.2 Å². The van der Waals surface area contributed by atoms with E-state index in [1.54, 1.807) is 0 Å². The monoisotopic (exact) mass is 379 g/mol. The molecule has 2 unspecified atom stereocenters. The van der Waals surface area contributed by atoms with Crippen LogP contribution in [0.4, 0.5) is 0 Å². The Bertz CT molecular complexity index is 822. The fraction of sp³-hybridized carbons (Fsp3) is 0.500. The number of sulfonamides is 1. The van der Waals surface area contributed by atoms with Crippen LogP contribution in [0.25, 0.3) is 0 Å². The third kappa shape index (κ3) is 3.92. The first kappa shape index (κ1) is 18.9. The zero-order valence-corrected chi connectivity index (χ0v) is 15.7. The highest BCUT2D eigenvalue weighted by atomic mass is 32.2. The lowest BCUT2D eigenvalue weighted by Crippen LogP contribution is -2.40. The van der Waals surface area contributed by atoms with Crippen LogP contribution in [0, 0.1) is 0 Å². The van der Waals surface area contributed by atoms with E-state index in [9.17, 15) is 13.2 Å². The number of amides is 1. The number of rotatable bonds is 6. The van der Waals surface area contributed by atoms with E-state index in [0.717, 1.165) is 25.9 Å². The van der Waals surface area contributed by atoms with Crippen LogP contribution in [0.3, 0.4) is 0 Å². The number of nitrogens with zero attached hydrogens (tertiary/aromatic N) is 1. The minimum Gasteiger partial charge on any atom is -0.489 e. The quantitative estimate of drug-likeness (QED) is 0.719. The number of hydrogen-bond acceptors (Lipinski definition) is 5. The normalized spacial score (nSPS) is 22.7. The minimum absolute atomic E-state index is 0.0618. The number of likely N-dealkylation sites (tertiary alicyclic amines) is 1. The molecule has 3 rings (SSSR count). The van der Waals surface area contributed by atoms with Gasteiger partial charge >= 0.3 is 0 Å². The highest BCUT2D eigenvalue weighted by Gasteiger charge is 2.29. The number of hydrogen-bond donors (Lipinski definition) is 2. The first-order valence-corrected chi connectivity index (χ1v) is 10.3. The van der Waals surface area contributed by atoms with E-state index >= 15 is 0 Å². The van der Waals surface area contributed by atoms with Gasteiger partial charge in [-0.2, -0.15) is 0 Å². The standard InChI is InChI=1S/C18H25N3O4S/c1-3-6-21-7-4-5-14(21)11-20-18(22)16-10-15(26(19,23)24)9-13-8-12(2)25-17(13)16/h3,9-10,12,14H,1,4-8,11H2,2H3,(H,20,22)(H2,19,23,24). The van der Waals surface area contributed by atoms with Crippen molar-refractivity contribution < 1.29 is 17.9 Å². The predicted octanol–water partition coefficient (Wildman–Crippen LogP) is 1.04. The van der Waals surface area contributed by atoms with Crippen LogP contribution in [0.2, 0.25) is 0 Å². The molecule has 0 radical (unpaired) electrons. The van der Waals surface area contributed by atoms with Gasteiger partial charge in [0.05, 0.1) is 10.5 Å². The van der Waals surface area contributed by atoms with Gasteiger partial charge in [-0.15, -0.1) is 6.58 Å². The first-order valence-electron chi connectivity index (χ1n) is 8.79. The third-order valence-electron chi connectivity index (χ3n) is 4.90. The maximum Gasteiger partial charge on any atom is 0.255 e. The van der Waals surface area contributed by atoms with Crippen molar-refractivity contribution in [3.8, 4) is 5.75 Å². The van der Waals surface area contributed by atoms with Crippen molar-refractivity contribution in [2.24, 2.45) is 5.14 Å². The molecule has 0 bridgehead atoms. The van der Waals surface area contributed by atoms with E-state index < -0.39 is 10.0 Å². The van der Waals surface area contributed by atoms with E-state index in [4.69, 9.17) is 9.88 Å². The predicted molar refractivity (Wildman–Crippen MR) is 98.7 cm³/mol. The maximum atomic E-state index is 12.7. The molecule has 26 heavy (non-hydrogen) atoms. The Kier molecular flexibility index (Phi) is 5.36. The molecule has 1 fully saturated rings. The van der Waals surface area contributed by atoms with Gasteiger partial charge in [0.25, 0.3) is 5.91 Å². The zero-order chi connectivity index (χ0) is 18.9. The Balaban J connectivity index is 1.81. The second-order valence-electron chi connectivity index (χ2n) is 6.93. The van der Waals surface area contributed by atoms with Crippen LogP contribution in [0.5, 0.6) is 5.75 Å². The van der Waals surface area contributed by atoms with E-state index in [0.29, 0.717) is 24.3 Å². The van der Waals surface area contributed by atoms with Crippen LogP contribution in [0.15, 0.2) is 29.7 Å². The highest BCUT2D eigenvalue weighted by Crippen LogP contribution is 2.35. The summed E-state index contributed by atoms with van der Waals surface area (Å²) in [4.78, 5) is 15.0. The summed E-state index contributed by atoms with van der Waals surface area (Å²) in [6, 6.07) is 3.05. The molecule has 1 amide bonds. The zero-order valence-electron chi connectivity index (χ0n) is 14.9. The second-order valence-corrected chi connectivity index (χ2v) is 8.49. The first-order chi connectivity index (χ1) is 12.3. The fourth-order valence-corrected chi connectivity index (χ4v) is 4.26. The van der Waals surface area contributed by atoms with Gasteiger partial charge in [-0.1, -0.05) is 6.08 Å². The van der Waals surface area contributed by atoms with E-state index in [2.05, 4.69) is 16.8 Å². The van der Waals surface area contributed by atoms with E-state index in [1.807, 2.05) is 13.0 Å². The molecule has 0 spiro atoms. The van der Waals surface area contributed by atoms with Crippen molar-refractivity contribution in [1.82, 2.24) is 10.2 Å².